The van der Waals surface area contributed by atoms with Crippen LogP contribution in [0.5, 0.6) is 11.5 Å². The Kier molecular flexibility index (Phi) is 10.9. The second-order valence-electron chi connectivity index (χ2n) is 17.8. The van der Waals surface area contributed by atoms with Gasteiger partial charge in [-0.25, -0.2) is 4.98 Å². The van der Waals surface area contributed by atoms with Crippen molar-refractivity contribution in [1.29, 1.82) is 0 Å². The summed E-state index contributed by atoms with van der Waals surface area (Å²) in [6, 6.07) is 46.6. The molecule has 0 atom stereocenters. The number of aryl methyl sites for hydroxylation is 3. The molecule has 0 aliphatic heterocycles. The maximum Gasteiger partial charge on any atom is 0.272 e. The number of nitrogens with zero attached hydrogens (tertiary/aromatic N) is 6. The molecule has 5 aromatic carbocycles. The van der Waals surface area contributed by atoms with E-state index < -0.39 is 0 Å². The quantitative estimate of drug-likeness (QED) is 0.118. The minimum Gasteiger partial charge on any atom is -0.510 e. The number of hydrogen-bond donors (Lipinski definition) is 0. The van der Waals surface area contributed by atoms with Crippen LogP contribution in [0, 0.1) is 39.2 Å². The maximum absolute atomic E-state index is 6.59. The molecule has 0 radical (unpaired) electrons. The third-order valence-electron chi connectivity index (χ3n) is 11.1. The summed E-state index contributed by atoms with van der Waals surface area (Å²) in [7, 11) is 0. The normalized spacial score (nSPS) is 11.9. The van der Waals surface area contributed by atoms with Gasteiger partial charge >= 0.3 is 0 Å². The average molecular weight is 980 g/mol. The molecule has 0 aliphatic carbocycles. The number of fused-ring (bicyclic) bond motifs is 3. The summed E-state index contributed by atoms with van der Waals surface area (Å²) in [5, 5.41) is 6.12. The van der Waals surface area contributed by atoms with Gasteiger partial charge in [-0.05, 0) is 89.2 Å². The van der Waals surface area contributed by atoms with Crippen molar-refractivity contribution in [3.63, 3.8) is 0 Å². The second-order valence-corrected chi connectivity index (χ2v) is 17.8. The standard InChI is InChI=1S/C53H48N6O.Pt/c1-34-25-35(2)49(36(3)26-34)38-22-24-54-48(27-38)59-46-19-14-23-55-50(46)45-21-20-44(32-47(45)59)60-43-18-13-17-41(31-43)57-33-58(56-51(57)37-15-11-10-12-16-37)42-29-39(52(4,5)6)28-40(30-42)53(7,8)9;/h10-30H,1-9H3;/q-2;. The molecular weight excluding hydrogens is 932 g/mol. The van der Waals surface area contributed by atoms with Gasteiger partial charge in [0.2, 0.25) is 0 Å². The van der Waals surface area contributed by atoms with Gasteiger partial charge in [-0.3, -0.25) is 4.98 Å². The Morgan fingerprint density at radius 3 is 2.05 bits per heavy atom. The van der Waals surface area contributed by atoms with Crippen LogP contribution in [0.25, 0.3) is 61.6 Å². The first-order chi connectivity index (χ1) is 28.7. The van der Waals surface area contributed by atoms with Crippen LogP contribution in [0.3, 0.4) is 0 Å². The molecule has 61 heavy (non-hydrogen) atoms. The van der Waals surface area contributed by atoms with Gasteiger partial charge in [0.05, 0.1) is 11.2 Å². The molecule has 0 fully saturated rings. The van der Waals surface area contributed by atoms with Crippen LogP contribution in [0.15, 0.2) is 128 Å². The van der Waals surface area contributed by atoms with E-state index in [1.165, 1.54) is 33.4 Å². The van der Waals surface area contributed by atoms with E-state index in [4.69, 9.17) is 19.8 Å². The Morgan fingerprint density at radius 1 is 0.639 bits per heavy atom. The first-order valence-electron chi connectivity index (χ1n) is 20.4. The van der Waals surface area contributed by atoms with Crippen molar-refractivity contribution in [1.82, 2.24) is 24.2 Å². The summed E-state index contributed by atoms with van der Waals surface area (Å²) < 4.78 is 12.5. The van der Waals surface area contributed by atoms with Crippen molar-refractivity contribution in [3.8, 4) is 51.2 Å². The third-order valence-corrected chi connectivity index (χ3v) is 11.1. The molecule has 0 unspecified atom stereocenters. The van der Waals surface area contributed by atoms with Crippen molar-refractivity contribution < 1.29 is 30.5 Å². The zero-order chi connectivity index (χ0) is 41.9. The molecule has 9 rings (SSSR count). The van der Waals surface area contributed by atoms with E-state index in [1.54, 1.807) is 0 Å². The van der Waals surface area contributed by atoms with Crippen molar-refractivity contribution in [2.24, 2.45) is 0 Å². The minimum absolute atomic E-state index is 0. The van der Waals surface area contributed by atoms with E-state index >= 15 is 0 Å². The second kappa shape index (κ2) is 16.0. The van der Waals surface area contributed by atoms with Gasteiger partial charge in [0.15, 0.2) is 5.82 Å². The van der Waals surface area contributed by atoms with Gasteiger partial charge in [0, 0.05) is 56.0 Å². The van der Waals surface area contributed by atoms with Crippen molar-refractivity contribution >= 4 is 21.9 Å². The van der Waals surface area contributed by atoms with Gasteiger partial charge in [-0.15, -0.1) is 29.4 Å². The summed E-state index contributed by atoms with van der Waals surface area (Å²) in [6.07, 6.45) is 7.27. The number of ether oxygens (including phenoxy) is 1. The van der Waals surface area contributed by atoms with Crippen LogP contribution in [-0.2, 0) is 31.9 Å². The largest absolute Gasteiger partial charge is 0.510 e. The summed E-state index contributed by atoms with van der Waals surface area (Å²) >= 11 is 0. The first kappa shape index (κ1) is 41.6. The molecule has 9 aromatic rings. The predicted octanol–water partition coefficient (Wildman–Crippen LogP) is 12.1. The fourth-order valence-electron chi connectivity index (χ4n) is 8.07. The summed E-state index contributed by atoms with van der Waals surface area (Å²) in [6.45, 7) is 20.0. The van der Waals surface area contributed by atoms with Crippen LogP contribution >= 0.6 is 0 Å². The third kappa shape index (κ3) is 8.07. The van der Waals surface area contributed by atoms with Gasteiger partial charge in [-0.1, -0.05) is 124 Å². The molecule has 8 heteroatoms. The average Bonchev–Trinajstić information content (AvgIpc) is 3.81. The zero-order valence-electron chi connectivity index (χ0n) is 36.0. The predicted molar refractivity (Wildman–Crippen MR) is 241 cm³/mol. The van der Waals surface area contributed by atoms with Crippen LogP contribution in [0.1, 0.15) is 69.4 Å². The number of rotatable bonds is 7. The van der Waals surface area contributed by atoms with E-state index in [9.17, 15) is 0 Å². The van der Waals surface area contributed by atoms with Crippen LogP contribution in [0.2, 0.25) is 0 Å². The van der Waals surface area contributed by atoms with Crippen LogP contribution in [-0.4, -0.2) is 24.2 Å². The number of benzene rings is 5. The smallest absolute Gasteiger partial charge is 0.272 e. The zero-order valence-corrected chi connectivity index (χ0v) is 38.3. The molecule has 308 valence electrons. The molecule has 0 bridgehead atoms. The van der Waals surface area contributed by atoms with E-state index in [0.717, 1.165) is 56.1 Å². The summed E-state index contributed by atoms with van der Waals surface area (Å²) in [5.41, 5.74) is 13.7. The van der Waals surface area contributed by atoms with Crippen molar-refractivity contribution in [3.05, 3.63) is 174 Å². The first-order valence-corrected chi connectivity index (χ1v) is 20.4. The molecule has 4 heterocycles. The maximum atomic E-state index is 6.59. The monoisotopic (exact) mass is 979 g/mol. The Labute approximate surface area is 373 Å². The van der Waals surface area contributed by atoms with Crippen LogP contribution in [0.4, 0.5) is 0 Å². The molecule has 4 aromatic heterocycles. The topological polar surface area (TPSA) is 61.6 Å². The van der Waals surface area contributed by atoms with Crippen molar-refractivity contribution in [2.45, 2.75) is 73.1 Å². The number of pyridine rings is 2. The molecular formula is C53H48N6OPt-2. The fourth-order valence-corrected chi connectivity index (χ4v) is 8.07. The number of aromatic nitrogens is 6. The Morgan fingerprint density at radius 2 is 1.34 bits per heavy atom. The molecule has 7 nitrogen and oxygen atoms in total. The Hall–Kier alpha value is -6.17. The van der Waals surface area contributed by atoms with Crippen molar-refractivity contribution in [2.75, 3.05) is 0 Å². The van der Waals surface area contributed by atoms with E-state index in [2.05, 4.69) is 146 Å². The van der Waals surface area contributed by atoms with Crippen LogP contribution < -0.4 is 9.42 Å². The molecule has 0 amide bonds. The molecule has 0 spiro atoms. The van der Waals surface area contributed by atoms with E-state index in [0.29, 0.717) is 11.5 Å². The van der Waals surface area contributed by atoms with E-state index in [1.807, 2.05) is 76.2 Å². The van der Waals surface area contributed by atoms with E-state index in [-0.39, 0.29) is 31.9 Å². The van der Waals surface area contributed by atoms with Gasteiger partial charge in [-0.2, -0.15) is 22.9 Å². The summed E-state index contributed by atoms with van der Waals surface area (Å²) in [5.74, 6) is 2.59. The Bertz CT molecular complexity index is 3020. The van der Waals surface area contributed by atoms with Gasteiger partial charge in [0.25, 0.3) is 6.33 Å². The molecule has 0 N–H and O–H groups in total. The molecule has 0 saturated heterocycles. The molecule has 0 saturated carbocycles. The Balaban J connectivity index is 0.00000514. The number of hydrogen-bond acceptors (Lipinski definition) is 4. The summed E-state index contributed by atoms with van der Waals surface area (Å²) in [4.78, 5) is 9.68. The molecule has 0 aliphatic rings. The van der Waals surface area contributed by atoms with Gasteiger partial charge in [0.1, 0.15) is 5.82 Å². The SMILES string of the molecule is Cc1cc(C)c(-c2ccnc(-n3c4[c-]c(Oc5[c-]c(-n6[c-][n+](-c7cc(C(C)(C)C)cc(C(C)(C)C)c7)nc6-c6ccccc6)ccc5)ccc4c4ncccc43)c2)c(C)c1.[Pt]. The fraction of sp³-hybridized carbons (Fsp3) is 0.208. The van der Waals surface area contributed by atoms with Gasteiger partial charge < -0.3 is 13.9 Å². The minimum atomic E-state index is -0.0496.